The van der Waals surface area contributed by atoms with Crippen molar-refractivity contribution in [1.82, 2.24) is 5.32 Å². The third-order valence-corrected chi connectivity index (χ3v) is 3.92. The van der Waals surface area contributed by atoms with Crippen LogP contribution in [0.15, 0.2) is 0 Å². The van der Waals surface area contributed by atoms with Crippen molar-refractivity contribution >= 4 is 5.78 Å². The lowest BCUT2D eigenvalue weighted by Gasteiger charge is -2.28. The molecule has 0 aromatic carbocycles. The average molecular weight is 225 g/mol. The van der Waals surface area contributed by atoms with Gasteiger partial charge < -0.3 is 10.1 Å². The quantitative estimate of drug-likeness (QED) is 0.795. The molecule has 3 nitrogen and oxygen atoms in total. The smallest absolute Gasteiger partial charge is 0.137 e. The molecule has 1 heterocycles. The van der Waals surface area contributed by atoms with E-state index >= 15 is 0 Å². The Bertz CT molecular complexity index is 228. The fourth-order valence-electron chi connectivity index (χ4n) is 2.74. The van der Waals surface area contributed by atoms with Gasteiger partial charge in [0.05, 0.1) is 13.2 Å². The van der Waals surface area contributed by atoms with Crippen molar-refractivity contribution < 1.29 is 9.53 Å². The Morgan fingerprint density at radius 1 is 1.31 bits per heavy atom. The molecule has 1 unspecified atom stereocenters. The molecule has 2 rings (SSSR count). The number of carbonyl (C=O) groups excluding carboxylic acids is 1. The minimum absolute atomic E-state index is 0.264. The molecule has 0 amide bonds. The predicted octanol–water partition coefficient (Wildman–Crippen LogP) is 1.76. The van der Waals surface area contributed by atoms with E-state index in [2.05, 4.69) is 12.2 Å². The van der Waals surface area contributed by atoms with Crippen molar-refractivity contribution in [2.75, 3.05) is 19.8 Å². The molecule has 1 atom stereocenters. The fraction of sp³-hybridized carbons (Fsp3) is 0.923. The van der Waals surface area contributed by atoms with Crippen LogP contribution in [0.5, 0.6) is 0 Å². The number of ether oxygens (including phenoxy) is 1. The topological polar surface area (TPSA) is 38.3 Å². The van der Waals surface area contributed by atoms with E-state index in [1.807, 2.05) is 0 Å². The zero-order valence-corrected chi connectivity index (χ0v) is 10.2. The molecule has 16 heavy (non-hydrogen) atoms. The second-order valence-electron chi connectivity index (χ2n) is 5.35. The molecule has 0 aromatic rings. The Hall–Kier alpha value is -0.410. The number of hydrogen-bond acceptors (Lipinski definition) is 3. The molecule has 0 spiro atoms. The van der Waals surface area contributed by atoms with Crippen molar-refractivity contribution in [2.45, 2.75) is 45.1 Å². The van der Waals surface area contributed by atoms with Gasteiger partial charge in [-0.1, -0.05) is 19.8 Å². The highest BCUT2D eigenvalue weighted by Crippen LogP contribution is 2.29. The lowest BCUT2D eigenvalue weighted by Crippen LogP contribution is -2.43. The van der Waals surface area contributed by atoms with Gasteiger partial charge in [0.1, 0.15) is 5.78 Å². The molecule has 92 valence electrons. The van der Waals surface area contributed by atoms with E-state index in [1.165, 1.54) is 12.8 Å². The zero-order valence-electron chi connectivity index (χ0n) is 10.2. The average Bonchev–Trinajstić information content (AvgIpc) is 2.31. The molecule has 2 fully saturated rings. The Morgan fingerprint density at radius 2 is 2.06 bits per heavy atom. The van der Waals surface area contributed by atoms with Crippen molar-refractivity contribution in [3.8, 4) is 0 Å². The number of Topliss-reactive ketones (excluding diaryl/α,β-unsaturated/α-hetero) is 1. The molecule has 1 aliphatic heterocycles. The summed E-state index contributed by atoms with van der Waals surface area (Å²) in [4.78, 5) is 12.1. The van der Waals surface area contributed by atoms with Gasteiger partial charge >= 0.3 is 0 Å². The van der Waals surface area contributed by atoms with Crippen molar-refractivity contribution in [1.29, 1.82) is 0 Å². The summed E-state index contributed by atoms with van der Waals surface area (Å²) in [5.74, 6) is 1.61. The molecule has 1 saturated heterocycles. The summed E-state index contributed by atoms with van der Waals surface area (Å²) in [7, 11) is 0. The molecular formula is C13H23NO2. The highest BCUT2D eigenvalue weighted by atomic mass is 16.5. The molecule has 1 aliphatic carbocycles. The van der Waals surface area contributed by atoms with Crippen LogP contribution in [0.25, 0.3) is 0 Å². The Kier molecular flexibility index (Phi) is 4.36. The molecular weight excluding hydrogens is 202 g/mol. The first-order chi connectivity index (χ1) is 7.75. The number of nitrogens with one attached hydrogen (secondary N) is 1. The van der Waals surface area contributed by atoms with E-state index in [-0.39, 0.29) is 6.04 Å². The molecule has 0 bridgehead atoms. The van der Waals surface area contributed by atoms with E-state index in [0.29, 0.717) is 24.7 Å². The van der Waals surface area contributed by atoms with Gasteiger partial charge in [-0.15, -0.1) is 0 Å². The van der Waals surface area contributed by atoms with E-state index in [4.69, 9.17) is 4.74 Å². The van der Waals surface area contributed by atoms with Crippen molar-refractivity contribution in [3.63, 3.8) is 0 Å². The monoisotopic (exact) mass is 225 g/mol. The van der Waals surface area contributed by atoms with Gasteiger partial charge in [0.15, 0.2) is 0 Å². The second-order valence-corrected chi connectivity index (χ2v) is 5.35. The lowest BCUT2D eigenvalue weighted by molar-refractivity contribution is -0.125. The van der Waals surface area contributed by atoms with Gasteiger partial charge in [0, 0.05) is 24.9 Å². The Balaban J connectivity index is 1.74. The van der Waals surface area contributed by atoms with Gasteiger partial charge in [0.2, 0.25) is 0 Å². The molecule has 2 aliphatic rings. The summed E-state index contributed by atoms with van der Waals surface area (Å²) >= 11 is 0. The maximum atomic E-state index is 12.1. The number of carbonyl (C=O) groups is 1. The van der Waals surface area contributed by atoms with Crippen molar-refractivity contribution in [3.05, 3.63) is 0 Å². The third kappa shape index (κ3) is 3.29. The van der Waals surface area contributed by atoms with Crippen LogP contribution in [0.2, 0.25) is 0 Å². The lowest BCUT2D eigenvalue weighted by atomic mass is 9.79. The highest BCUT2D eigenvalue weighted by molar-refractivity contribution is 5.81. The maximum absolute atomic E-state index is 12.1. The highest BCUT2D eigenvalue weighted by Gasteiger charge is 2.26. The summed E-state index contributed by atoms with van der Waals surface area (Å²) in [5, 5.41) is 3.35. The number of rotatable bonds is 3. The summed E-state index contributed by atoms with van der Waals surface area (Å²) < 4.78 is 5.37. The van der Waals surface area contributed by atoms with E-state index in [9.17, 15) is 4.79 Å². The van der Waals surface area contributed by atoms with Crippen LogP contribution >= 0.6 is 0 Å². The predicted molar refractivity (Wildman–Crippen MR) is 63.4 cm³/mol. The normalized spacial score (nSPS) is 35.9. The van der Waals surface area contributed by atoms with Gasteiger partial charge in [-0.25, -0.2) is 0 Å². The first kappa shape index (κ1) is 12.1. The van der Waals surface area contributed by atoms with Crippen LogP contribution in [-0.2, 0) is 9.53 Å². The standard InChI is InChI=1S/C13H23NO2/c1-10-2-4-11(5-3-10)13(15)8-12-9-16-7-6-14-12/h10-12,14H,2-9H2,1H3. The molecule has 3 heteroatoms. The van der Waals surface area contributed by atoms with Gasteiger partial charge in [0.25, 0.3) is 0 Å². The van der Waals surface area contributed by atoms with Gasteiger partial charge in [-0.05, 0) is 18.8 Å². The zero-order chi connectivity index (χ0) is 11.4. The summed E-state index contributed by atoms with van der Waals surface area (Å²) in [6.45, 7) is 4.66. The van der Waals surface area contributed by atoms with Gasteiger partial charge in [-0.3, -0.25) is 4.79 Å². The fourth-order valence-corrected chi connectivity index (χ4v) is 2.74. The van der Waals surface area contributed by atoms with Crippen LogP contribution in [0.1, 0.15) is 39.0 Å². The number of morpholine rings is 1. The largest absolute Gasteiger partial charge is 0.379 e. The second kappa shape index (κ2) is 5.78. The summed E-state index contributed by atoms with van der Waals surface area (Å²) in [5.41, 5.74) is 0. The minimum Gasteiger partial charge on any atom is -0.379 e. The first-order valence-corrected chi connectivity index (χ1v) is 6.59. The van der Waals surface area contributed by atoms with Gasteiger partial charge in [-0.2, -0.15) is 0 Å². The van der Waals surface area contributed by atoms with E-state index in [0.717, 1.165) is 31.9 Å². The summed E-state index contributed by atoms with van der Waals surface area (Å²) in [6.07, 6.45) is 5.33. The summed E-state index contributed by atoms with van der Waals surface area (Å²) in [6, 6.07) is 0.264. The Morgan fingerprint density at radius 3 is 2.69 bits per heavy atom. The molecule has 1 N–H and O–H groups in total. The molecule has 0 aromatic heterocycles. The van der Waals surface area contributed by atoms with Crippen LogP contribution < -0.4 is 5.32 Å². The van der Waals surface area contributed by atoms with Crippen LogP contribution in [0.3, 0.4) is 0 Å². The Labute approximate surface area is 97.9 Å². The van der Waals surface area contributed by atoms with Crippen LogP contribution in [0.4, 0.5) is 0 Å². The molecule has 1 saturated carbocycles. The number of hydrogen-bond donors (Lipinski definition) is 1. The van der Waals surface area contributed by atoms with Crippen LogP contribution in [-0.4, -0.2) is 31.6 Å². The number of ketones is 1. The van der Waals surface area contributed by atoms with Crippen LogP contribution in [0, 0.1) is 11.8 Å². The maximum Gasteiger partial charge on any atom is 0.137 e. The molecule has 0 radical (unpaired) electrons. The SMILES string of the molecule is CC1CCC(C(=O)CC2COCCN2)CC1. The van der Waals surface area contributed by atoms with Crippen molar-refractivity contribution in [2.24, 2.45) is 11.8 Å². The van der Waals surface area contributed by atoms with E-state index in [1.54, 1.807) is 0 Å². The third-order valence-electron chi connectivity index (χ3n) is 3.92. The minimum atomic E-state index is 0.264. The van der Waals surface area contributed by atoms with E-state index < -0.39 is 0 Å². The first-order valence-electron chi connectivity index (χ1n) is 6.59.